The minimum absolute atomic E-state index is 0.0622. The first-order valence-electron chi connectivity index (χ1n) is 11.6. The lowest BCUT2D eigenvalue weighted by molar-refractivity contribution is -0.153. The molecule has 182 valence electrons. The maximum atomic E-state index is 13.2. The number of rotatable bonds is 8. The van der Waals surface area contributed by atoms with Crippen LogP contribution in [-0.2, 0) is 14.3 Å². The molecule has 0 aliphatic heterocycles. The summed E-state index contributed by atoms with van der Waals surface area (Å²) in [6.45, 7) is 8.88. The van der Waals surface area contributed by atoms with E-state index in [2.05, 4.69) is 29.6 Å². The van der Waals surface area contributed by atoms with Gasteiger partial charge in [0, 0.05) is 19.0 Å². The molecule has 0 saturated carbocycles. The van der Waals surface area contributed by atoms with Crippen LogP contribution in [-0.4, -0.2) is 53.7 Å². The summed E-state index contributed by atoms with van der Waals surface area (Å²) in [6.07, 6.45) is -0.602. The molecule has 2 atom stereocenters. The molecule has 0 spiro atoms. The molecule has 0 radical (unpaired) electrons. The number of hydrogen-bond donors (Lipinski definition) is 2. The molecular weight excluding hydrogens is 432 g/mol. The van der Waals surface area contributed by atoms with Crippen LogP contribution in [0.2, 0.25) is 0 Å². The van der Waals surface area contributed by atoms with Gasteiger partial charge in [0.2, 0.25) is 5.91 Å². The normalized spacial score (nSPS) is 14.7. The maximum absolute atomic E-state index is 13.2. The highest BCUT2D eigenvalue weighted by Gasteiger charge is 2.43. The van der Waals surface area contributed by atoms with Crippen molar-refractivity contribution in [1.29, 1.82) is 0 Å². The Bertz CT molecular complexity index is 1030. The number of benzene rings is 2. The molecule has 34 heavy (non-hydrogen) atoms. The Balaban J connectivity index is 1.73. The summed E-state index contributed by atoms with van der Waals surface area (Å²) in [7, 11) is 1.47. The number of nitrogens with one attached hydrogen (secondary N) is 1. The second-order valence-corrected chi connectivity index (χ2v) is 9.84. The summed E-state index contributed by atoms with van der Waals surface area (Å²) in [4.78, 5) is 38.6. The van der Waals surface area contributed by atoms with Gasteiger partial charge in [-0.15, -0.1) is 0 Å². The van der Waals surface area contributed by atoms with Crippen molar-refractivity contribution in [2.24, 2.45) is 11.3 Å². The fourth-order valence-electron chi connectivity index (χ4n) is 4.88. The van der Waals surface area contributed by atoms with Crippen molar-refractivity contribution in [3.63, 3.8) is 0 Å². The number of aliphatic carboxylic acids is 1. The number of fused-ring (bicyclic) bond motifs is 3. The number of carboxylic acids is 1. The highest BCUT2D eigenvalue weighted by atomic mass is 16.5. The van der Waals surface area contributed by atoms with E-state index in [9.17, 15) is 19.5 Å². The summed E-state index contributed by atoms with van der Waals surface area (Å²) in [5, 5.41) is 12.2. The molecule has 1 aliphatic rings. The Kier molecular flexibility index (Phi) is 7.34. The molecule has 2 N–H and O–H groups in total. The van der Waals surface area contributed by atoms with Crippen molar-refractivity contribution >= 4 is 18.0 Å². The predicted octanol–water partition coefficient (Wildman–Crippen LogP) is 4.51. The van der Waals surface area contributed by atoms with Crippen LogP contribution >= 0.6 is 0 Å². The van der Waals surface area contributed by atoms with Gasteiger partial charge in [-0.25, -0.2) is 9.59 Å². The number of hydrogen-bond acceptors (Lipinski definition) is 4. The smallest absolute Gasteiger partial charge is 0.407 e. The molecule has 7 heteroatoms. The van der Waals surface area contributed by atoms with Crippen LogP contribution in [0.25, 0.3) is 11.1 Å². The zero-order valence-electron chi connectivity index (χ0n) is 20.7. The Morgan fingerprint density at radius 3 is 1.97 bits per heavy atom. The molecule has 1 aliphatic carbocycles. The fourth-order valence-corrected chi connectivity index (χ4v) is 4.88. The molecule has 0 heterocycles. The average molecular weight is 467 g/mol. The van der Waals surface area contributed by atoms with Gasteiger partial charge in [0.15, 0.2) is 0 Å². The van der Waals surface area contributed by atoms with Crippen LogP contribution in [0.15, 0.2) is 48.5 Å². The lowest BCUT2D eigenvalue weighted by atomic mass is 9.77. The molecule has 0 fully saturated rings. The third-order valence-electron chi connectivity index (χ3n) is 6.87. The zero-order valence-corrected chi connectivity index (χ0v) is 20.7. The number of ether oxygens (including phenoxy) is 1. The zero-order chi connectivity index (χ0) is 25.2. The predicted molar refractivity (Wildman–Crippen MR) is 130 cm³/mol. The Labute approximate surface area is 201 Å². The van der Waals surface area contributed by atoms with Crippen molar-refractivity contribution < 1.29 is 24.2 Å². The van der Waals surface area contributed by atoms with Crippen molar-refractivity contribution in [3.05, 3.63) is 59.7 Å². The molecule has 0 saturated heterocycles. The summed E-state index contributed by atoms with van der Waals surface area (Å²) >= 11 is 0. The molecule has 0 aromatic heterocycles. The van der Waals surface area contributed by atoms with Crippen LogP contribution in [0.3, 0.4) is 0 Å². The van der Waals surface area contributed by atoms with Gasteiger partial charge in [0.1, 0.15) is 12.6 Å². The van der Waals surface area contributed by atoms with Crippen LogP contribution in [0.1, 0.15) is 51.7 Å². The highest BCUT2D eigenvalue weighted by Crippen LogP contribution is 2.44. The van der Waals surface area contributed by atoms with Gasteiger partial charge < -0.3 is 20.1 Å². The number of carboxylic acid groups (broad SMARTS) is 1. The van der Waals surface area contributed by atoms with Crippen LogP contribution in [0.4, 0.5) is 4.79 Å². The van der Waals surface area contributed by atoms with E-state index in [0.29, 0.717) is 0 Å². The minimum Gasteiger partial charge on any atom is -0.480 e. The van der Waals surface area contributed by atoms with E-state index in [1.807, 2.05) is 38.1 Å². The number of carbonyl (C=O) groups is 3. The lowest BCUT2D eigenvalue weighted by Crippen LogP contribution is -2.57. The number of carbonyl (C=O) groups excluding carboxylic acids is 2. The molecule has 3 rings (SSSR count). The number of alkyl carbamates (subject to hydrolysis) is 1. The van der Waals surface area contributed by atoms with Gasteiger partial charge in [-0.3, -0.25) is 4.79 Å². The van der Waals surface area contributed by atoms with Gasteiger partial charge in [-0.05, 0) is 48.9 Å². The van der Waals surface area contributed by atoms with Gasteiger partial charge in [-0.1, -0.05) is 62.4 Å². The van der Waals surface area contributed by atoms with Crippen molar-refractivity contribution in [2.45, 2.75) is 52.6 Å². The largest absolute Gasteiger partial charge is 0.480 e. The van der Waals surface area contributed by atoms with E-state index < -0.39 is 29.6 Å². The van der Waals surface area contributed by atoms with E-state index in [1.54, 1.807) is 13.8 Å². The number of amides is 2. The maximum Gasteiger partial charge on any atom is 0.407 e. The van der Waals surface area contributed by atoms with E-state index in [0.717, 1.165) is 22.3 Å². The first-order valence-corrected chi connectivity index (χ1v) is 11.6. The van der Waals surface area contributed by atoms with E-state index in [-0.39, 0.29) is 24.3 Å². The first kappa shape index (κ1) is 25.3. The summed E-state index contributed by atoms with van der Waals surface area (Å²) < 4.78 is 5.67. The van der Waals surface area contributed by atoms with Crippen LogP contribution in [0.5, 0.6) is 0 Å². The molecular formula is C27H34N2O5. The van der Waals surface area contributed by atoms with Crippen LogP contribution < -0.4 is 5.32 Å². The number of likely N-dealkylation sites (N-methyl/N-ethyl adjacent to an activating group) is 1. The third-order valence-corrected chi connectivity index (χ3v) is 6.87. The molecule has 2 aromatic rings. The standard InChI is InChI=1S/C27H34N2O5/c1-16(2)23(27(4,5)25(32)29(6)17(3)24(30)31)28-26(33)34-15-22-20-13-9-7-11-18(20)19-12-8-10-14-21(19)22/h7-14,16-17,22-23H,15H2,1-6H3,(H,28,33)(H,30,31). The van der Waals surface area contributed by atoms with E-state index in [1.165, 1.54) is 18.9 Å². The monoisotopic (exact) mass is 466 g/mol. The van der Waals surface area contributed by atoms with Crippen molar-refractivity contribution in [3.8, 4) is 11.1 Å². The lowest BCUT2D eigenvalue weighted by Gasteiger charge is -2.39. The Morgan fingerprint density at radius 2 is 1.50 bits per heavy atom. The van der Waals surface area contributed by atoms with Gasteiger partial charge in [-0.2, -0.15) is 0 Å². The molecule has 2 aromatic carbocycles. The quantitative estimate of drug-likeness (QED) is 0.597. The second kappa shape index (κ2) is 9.87. The fraction of sp³-hybridized carbons (Fsp3) is 0.444. The van der Waals surface area contributed by atoms with E-state index >= 15 is 0 Å². The Morgan fingerprint density at radius 1 is 1.00 bits per heavy atom. The minimum atomic E-state index is -1.09. The Hall–Kier alpha value is -3.35. The topological polar surface area (TPSA) is 95.9 Å². The SMILES string of the molecule is CC(C)C(NC(=O)OCC1c2ccccc2-c2ccccc21)C(C)(C)C(=O)N(C)C(C)C(=O)O. The molecule has 0 bridgehead atoms. The van der Waals surface area contributed by atoms with Gasteiger partial charge >= 0.3 is 12.1 Å². The van der Waals surface area contributed by atoms with Crippen LogP contribution in [0, 0.1) is 11.3 Å². The summed E-state index contributed by atoms with van der Waals surface area (Å²) in [6, 6.07) is 14.7. The molecule has 2 amide bonds. The highest BCUT2D eigenvalue weighted by molar-refractivity contribution is 5.87. The van der Waals surface area contributed by atoms with E-state index in [4.69, 9.17) is 4.74 Å². The van der Waals surface area contributed by atoms with Crippen molar-refractivity contribution in [1.82, 2.24) is 10.2 Å². The van der Waals surface area contributed by atoms with Gasteiger partial charge in [0.25, 0.3) is 0 Å². The second-order valence-electron chi connectivity index (χ2n) is 9.84. The number of nitrogens with zero attached hydrogens (tertiary/aromatic N) is 1. The third kappa shape index (κ3) is 4.79. The first-order chi connectivity index (χ1) is 16.0. The molecule has 2 unspecified atom stereocenters. The van der Waals surface area contributed by atoms with Gasteiger partial charge in [0.05, 0.1) is 5.41 Å². The summed E-state index contributed by atoms with van der Waals surface area (Å²) in [5.41, 5.74) is 3.50. The van der Waals surface area contributed by atoms with Crippen molar-refractivity contribution in [2.75, 3.05) is 13.7 Å². The average Bonchev–Trinajstić information content (AvgIpc) is 3.13. The molecule has 7 nitrogen and oxygen atoms in total. The summed E-state index contributed by atoms with van der Waals surface area (Å²) in [5.74, 6) is -1.60.